The monoisotopic (exact) mass is 284 g/mol. The quantitative estimate of drug-likeness (QED) is 0.800. The van der Waals surface area contributed by atoms with E-state index in [1.807, 2.05) is 25.7 Å². The van der Waals surface area contributed by atoms with Gasteiger partial charge in [0.2, 0.25) is 0 Å². The molecule has 0 spiro atoms. The molecule has 1 N–H and O–H groups in total. The fraction of sp³-hybridized carbons (Fsp3) is 0.857. The fourth-order valence-electron chi connectivity index (χ4n) is 2.49. The first kappa shape index (κ1) is 15.1. The molecule has 6 heteroatoms. The van der Waals surface area contributed by atoms with Crippen molar-refractivity contribution in [1.82, 2.24) is 9.80 Å². The number of carboxylic acid groups (broad SMARTS) is 1. The lowest BCUT2D eigenvalue weighted by Crippen LogP contribution is -2.66. The van der Waals surface area contributed by atoms with Crippen molar-refractivity contribution < 1.29 is 19.4 Å². The van der Waals surface area contributed by atoms with E-state index < -0.39 is 11.6 Å². The van der Waals surface area contributed by atoms with Gasteiger partial charge in [0, 0.05) is 12.6 Å². The number of nitrogens with zero attached hydrogens (tertiary/aromatic N) is 2. The van der Waals surface area contributed by atoms with E-state index in [1.54, 1.807) is 4.90 Å². The van der Waals surface area contributed by atoms with Crippen LogP contribution in [-0.4, -0.2) is 64.8 Å². The van der Waals surface area contributed by atoms with Crippen LogP contribution in [0.4, 0.5) is 4.79 Å². The number of carboxylic acids is 1. The van der Waals surface area contributed by atoms with Gasteiger partial charge in [0.1, 0.15) is 12.2 Å². The first-order chi connectivity index (χ1) is 9.31. The molecule has 0 aromatic heterocycles. The molecule has 0 unspecified atom stereocenters. The van der Waals surface area contributed by atoms with E-state index in [9.17, 15) is 9.59 Å². The highest BCUT2D eigenvalue weighted by molar-refractivity contribution is 5.76. The Hall–Kier alpha value is -1.30. The molecule has 0 aromatic carbocycles. The van der Waals surface area contributed by atoms with E-state index >= 15 is 0 Å². The van der Waals surface area contributed by atoms with Gasteiger partial charge >= 0.3 is 12.0 Å². The highest BCUT2D eigenvalue weighted by atomic mass is 16.5. The van der Waals surface area contributed by atoms with Crippen LogP contribution in [0.5, 0.6) is 0 Å². The van der Waals surface area contributed by atoms with Crippen molar-refractivity contribution in [2.45, 2.75) is 45.3 Å². The average Bonchev–Trinajstić information content (AvgIpc) is 3.12. The van der Waals surface area contributed by atoms with Gasteiger partial charge in [-0.2, -0.15) is 0 Å². The minimum absolute atomic E-state index is 0.0447. The number of rotatable bonds is 6. The predicted molar refractivity (Wildman–Crippen MR) is 73.5 cm³/mol. The van der Waals surface area contributed by atoms with E-state index in [4.69, 9.17) is 9.84 Å². The first-order valence-electron chi connectivity index (χ1n) is 7.22. The lowest BCUT2D eigenvalue weighted by molar-refractivity contribution is -0.160. The molecule has 0 atom stereocenters. The van der Waals surface area contributed by atoms with Crippen molar-refractivity contribution in [3.05, 3.63) is 0 Å². The largest absolute Gasteiger partial charge is 0.480 e. The van der Waals surface area contributed by atoms with E-state index in [0.717, 1.165) is 6.54 Å². The molecule has 1 aliphatic carbocycles. The van der Waals surface area contributed by atoms with Crippen molar-refractivity contribution in [2.24, 2.45) is 5.92 Å². The predicted octanol–water partition coefficient (Wildman–Crippen LogP) is 1.40. The third kappa shape index (κ3) is 3.62. The van der Waals surface area contributed by atoms with Crippen LogP contribution in [0.25, 0.3) is 0 Å². The number of likely N-dealkylation sites (tertiary alicyclic amines) is 1. The zero-order valence-corrected chi connectivity index (χ0v) is 12.5. The third-order valence-corrected chi connectivity index (χ3v) is 3.89. The number of hydrogen-bond donors (Lipinski definition) is 1. The van der Waals surface area contributed by atoms with Crippen LogP contribution in [0.3, 0.4) is 0 Å². The molecule has 1 saturated carbocycles. The Labute approximate surface area is 119 Å². The number of carbonyl (C=O) groups excluding carboxylic acids is 1. The molecular formula is C14H24N2O4. The van der Waals surface area contributed by atoms with Gasteiger partial charge in [-0.3, -0.25) is 0 Å². The number of hydrogen-bond acceptors (Lipinski definition) is 3. The molecule has 2 rings (SSSR count). The van der Waals surface area contributed by atoms with Crippen LogP contribution in [0.1, 0.15) is 33.6 Å². The fourth-order valence-corrected chi connectivity index (χ4v) is 2.49. The molecule has 2 amide bonds. The van der Waals surface area contributed by atoms with Crippen LogP contribution >= 0.6 is 0 Å². The Morgan fingerprint density at radius 1 is 1.40 bits per heavy atom. The molecule has 114 valence electrons. The summed E-state index contributed by atoms with van der Waals surface area (Å²) in [5.41, 5.74) is -0.518. The molecule has 20 heavy (non-hydrogen) atoms. The minimum atomic E-state index is -0.978. The summed E-state index contributed by atoms with van der Waals surface area (Å²) in [4.78, 5) is 26.6. The van der Waals surface area contributed by atoms with Crippen LogP contribution in [0, 0.1) is 5.92 Å². The maximum atomic E-state index is 12.4. The lowest BCUT2D eigenvalue weighted by Gasteiger charge is -2.49. The third-order valence-electron chi connectivity index (χ3n) is 3.89. The zero-order chi connectivity index (χ0) is 14.9. The highest BCUT2D eigenvalue weighted by Crippen LogP contribution is 2.32. The molecule has 6 nitrogen and oxygen atoms in total. The Morgan fingerprint density at radius 2 is 2.00 bits per heavy atom. The molecule has 0 bridgehead atoms. The highest BCUT2D eigenvalue weighted by Gasteiger charge is 2.44. The lowest BCUT2D eigenvalue weighted by atomic mass is 9.97. The summed E-state index contributed by atoms with van der Waals surface area (Å²) in [6.45, 7) is 7.36. The topological polar surface area (TPSA) is 70.1 Å². The number of urea groups is 1. The van der Waals surface area contributed by atoms with Crippen LogP contribution in [0.15, 0.2) is 0 Å². The maximum Gasteiger partial charge on any atom is 0.329 e. The van der Waals surface area contributed by atoms with Gasteiger partial charge in [0.25, 0.3) is 0 Å². The van der Waals surface area contributed by atoms with Crippen molar-refractivity contribution in [1.29, 1.82) is 0 Å². The number of aliphatic carboxylic acids is 1. The SMILES string of the molecule is CC(C)N(CC1CC1)C(=O)N1CC(C)(OCC(=O)O)C1. The van der Waals surface area contributed by atoms with Gasteiger partial charge in [-0.15, -0.1) is 0 Å². The normalized spacial score (nSPS) is 20.7. The van der Waals surface area contributed by atoms with Crippen molar-refractivity contribution in [2.75, 3.05) is 26.2 Å². The van der Waals surface area contributed by atoms with Gasteiger partial charge in [0.05, 0.1) is 13.1 Å². The van der Waals surface area contributed by atoms with Crippen molar-refractivity contribution in [3.63, 3.8) is 0 Å². The summed E-state index contributed by atoms with van der Waals surface area (Å²) in [6.07, 6.45) is 2.44. The molecule has 0 radical (unpaired) electrons. The van der Waals surface area contributed by atoms with Crippen molar-refractivity contribution >= 4 is 12.0 Å². The average molecular weight is 284 g/mol. The smallest absolute Gasteiger partial charge is 0.329 e. The second-order valence-corrected chi connectivity index (χ2v) is 6.46. The Balaban J connectivity index is 1.83. The van der Waals surface area contributed by atoms with Gasteiger partial charge in [-0.1, -0.05) is 0 Å². The summed E-state index contributed by atoms with van der Waals surface area (Å²) in [5.74, 6) is -0.314. The summed E-state index contributed by atoms with van der Waals surface area (Å²) >= 11 is 0. The number of ether oxygens (including phenoxy) is 1. The molecule has 1 heterocycles. The van der Waals surface area contributed by atoms with Gasteiger partial charge < -0.3 is 19.6 Å². The van der Waals surface area contributed by atoms with Crippen molar-refractivity contribution in [3.8, 4) is 0 Å². The second kappa shape index (κ2) is 5.60. The zero-order valence-electron chi connectivity index (χ0n) is 12.5. The summed E-state index contributed by atoms with van der Waals surface area (Å²) in [6, 6.07) is 0.234. The molecule has 2 aliphatic rings. The molecular weight excluding hydrogens is 260 g/mol. The van der Waals surface area contributed by atoms with E-state index in [1.165, 1.54) is 12.8 Å². The van der Waals surface area contributed by atoms with Crippen LogP contribution < -0.4 is 0 Å². The van der Waals surface area contributed by atoms with E-state index in [-0.39, 0.29) is 18.7 Å². The van der Waals surface area contributed by atoms with E-state index in [0.29, 0.717) is 19.0 Å². The molecule has 1 saturated heterocycles. The molecule has 1 aliphatic heterocycles. The minimum Gasteiger partial charge on any atom is -0.480 e. The summed E-state index contributed by atoms with van der Waals surface area (Å²) < 4.78 is 5.33. The summed E-state index contributed by atoms with van der Waals surface area (Å²) in [5, 5.41) is 8.62. The van der Waals surface area contributed by atoms with Crippen LogP contribution in [0.2, 0.25) is 0 Å². The van der Waals surface area contributed by atoms with E-state index in [2.05, 4.69) is 0 Å². The van der Waals surface area contributed by atoms with Gasteiger partial charge in [-0.05, 0) is 39.5 Å². The van der Waals surface area contributed by atoms with Crippen LogP contribution in [-0.2, 0) is 9.53 Å². The number of carbonyl (C=O) groups is 2. The molecule has 0 aromatic rings. The van der Waals surface area contributed by atoms with Gasteiger partial charge in [-0.25, -0.2) is 9.59 Å². The Kier molecular flexibility index (Phi) is 4.22. The summed E-state index contributed by atoms with van der Waals surface area (Å²) in [7, 11) is 0. The van der Waals surface area contributed by atoms with Gasteiger partial charge in [0.15, 0.2) is 0 Å². The maximum absolute atomic E-state index is 12.4. The molecule has 2 fully saturated rings. The second-order valence-electron chi connectivity index (χ2n) is 6.46. The first-order valence-corrected chi connectivity index (χ1v) is 7.22. The standard InChI is InChI=1S/C14H24N2O4/c1-10(2)16(6-11-4-5-11)13(19)15-8-14(3,9-15)20-7-12(17)18/h10-11H,4-9H2,1-3H3,(H,17,18). The Morgan fingerprint density at radius 3 is 2.45 bits per heavy atom. The number of amides is 2. The Bertz CT molecular complexity index is 387.